The summed E-state index contributed by atoms with van der Waals surface area (Å²) < 4.78 is 21.7. The van der Waals surface area contributed by atoms with E-state index in [2.05, 4.69) is 27.7 Å². The molecule has 3 nitrogen and oxygen atoms in total. The van der Waals surface area contributed by atoms with Crippen molar-refractivity contribution in [2.75, 3.05) is 0 Å². The van der Waals surface area contributed by atoms with Gasteiger partial charge in [-0.2, -0.15) is 0 Å². The second-order valence-corrected chi connectivity index (χ2v) is 12.7. The van der Waals surface area contributed by atoms with Crippen LogP contribution in [0.1, 0.15) is 115 Å². The molecule has 0 aliphatic heterocycles. The Kier molecular flexibility index (Phi) is 9.11. The Morgan fingerprint density at radius 2 is 1.87 bits per heavy atom. The van der Waals surface area contributed by atoms with Gasteiger partial charge in [0.15, 0.2) is 0 Å². The normalized spacial score (nSPS) is 21.5. The number of Topliss-reactive ketones (excluding diaryl/α,β-unsaturated/α-hetero) is 1. The summed E-state index contributed by atoms with van der Waals surface area (Å²) in [5.74, 6) is 1.37. The molecule has 0 radical (unpaired) electrons. The fourth-order valence-corrected chi connectivity index (χ4v) is 6.18. The molecule has 0 spiro atoms. The Morgan fingerprint density at radius 3 is 2.53 bits per heavy atom. The minimum absolute atomic E-state index is 0.0315. The first-order chi connectivity index (χ1) is 18.1. The second-order valence-electron chi connectivity index (χ2n) is 12.7. The molecule has 2 aromatic carbocycles. The van der Waals surface area contributed by atoms with Crippen molar-refractivity contribution < 1.29 is 18.7 Å². The molecule has 0 heterocycles. The topological polar surface area (TPSA) is 43.4 Å². The third-order valence-electron chi connectivity index (χ3n) is 9.23. The van der Waals surface area contributed by atoms with E-state index in [0.29, 0.717) is 18.1 Å². The van der Waals surface area contributed by atoms with Crippen LogP contribution < -0.4 is 4.74 Å². The van der Waals surface area contributed by atoms with Gasteiger partial charge in [0.25, 0.3) is 0 Å². The summed E-state index contributed by atoms with van der Waals surface area (Å²) in [7, 11) is 0. The third-order valence-corrected chi connectivity index (χ3v) is 9.23. The number of ether oxygens (including phenoxy) is 1. The Balaban J connectivity index is 1.52. The van der Waals surface area contributed by atoms with Crippen molar-refractivity contribution in [1.82, 2.24) is 0 Å². The molecule has 0 amide bonds. The van der Waals surface area contributed by atoms with E-state index < -0.39 is 0 Å². The second kappa shape index (κ2) is 12.1. The number of aldehydes is 1. The van der Waals surface area contributed by atoms with E-state index in [9.17, 15) is 9.59 Å². The summed E-state index contributed by atoms with van der Waals surface area (Å²) in [6.07, 6.45) is 9.50. The summed E-state index contributed by atoms with van der Waals surface area (Å²) in [4.78, 5) is 24.5. The maximum absolute atomic E-state index is 15.1. The molecule has 2 aliphatic carbocycles. The lowest BCUT2D eigenvalue weighted by Crippen LogP contribution is -2.22. The number of hydrogen-bond acceptors (Lipinski definition) is 3. The minimum Gasteiger partial charge on any atom is -0.490 e. The van der Waals surface area contributed by atoms with Gasteiger partial charge in [0.2, 0.25) is 0 Å². The Hall–Kier alpha value is -2.49. The van der Waals surface area contributed by atoms with Crippen LogP contribution in [0.3, 0.4) is 0 Å². The quantitative estimate of drug-likeness (QED) is 0.262. The van der Waals surface area contributed by atoms with Crippen LogP contribution >= 0.6 is 0 Å². The molecule has 38 heavy (non-hydrogen) atoms. The standard InChI is InChI=1S/C34H45FO3/c1-6-34(4,5)20-22(2)31(37)18-24-13-15-27(17-24)38-32-16-14-26(23(3)21-36)19-29(32)28-11-8-12-30(35)33(28)25-9-7-10-25/h8,11-12,14,16,19,21-25,27H,6-7,9-10,13,15,17-18,20H2,1-5H3/t22-,23+,24+,27+/m0/s1. The van der Waals surface area contributed by atoms with E-state index >= 15 is 4.39 Å². The number of carbonyl (C=O) groups excluding carboxylic acids is 2. The zero-order chi connectivity index (χ0) is 27.4. The van der Waals surface area contributed by atoms with Crippen molar-refractivity contribution in [3.8, 4) is 16.9 Å². The van der Waals surface area contributed by atoms with E-state index in [1.54, 1.807) is 12.1 Å². The summed E-state index contributed by atoms with van der Waals surface area (Å²) in [6.45, 7) is 10.6. The predicted octanol–water partition coefficient (Wildman–Crippen LogP) is 9.03. The predicted molar refractivity (Wildman–Crippen MR) is 152 cm³/mol. The lowest BCUT2D eigenvalue weighted by Gasteiger charge is -2.29. The van der Waals surface area contributed by atoms with Crippen molar-refractivity contribution in [3.05, 3.63) is 53.3 Å². The number of benzene rings is 2. The highest BCUT2D eigenvalue weighted by Gasteiger charge is 2.32. The molecule has 2 aromatic rings. The third kappa shape index (κ3) is 6.55. The number of hydrogen-bond donors (Lipinski definition) is 0. The van der Waals surface area contributed by atoms with Gasteiger partial charge in [-0.3, -0.25) is 4.79 Å². The van der Waals surface area contributed by atoms with Crippen LogP contribution in [0.2, 0.25) is 0 Å². The molecule has 4 heteroatoms. The highest BCUT2D eigenvalue weighted by Crippen LogP contribution is 2.46. The first-order valence-corrected chi connectivity index (χ1v) is 14.7. The lowest BCUT2D eigenvalue weighted by molar-refractivity contribution is -0.124. The van der Waals surface area contributed by atoms with E-state index in [0.717, 1.165) is 85.7 Å². The van der Waals surface area contributed by atoms with Gasteiger partial charge >= 0.3 is 0 Å². The first kappa shape index (κ1) is 28.5. The van der Waals surface area contributed by atoms with Crippen LogP contribution in [0.25, 0.3) is 11.1 Å². The van der Waals surface area contributed by atoms with Crippen LogP contribution in [0, 0.1) is 23.1 Å². The fraction of sp³-hybridized carbons (Fsp3) is 0.588. The smallest absolute Gasteiger partial charge is 0.135 e. The van der Waals surface area contributed by atoms with Gasteiger partial charge in [0.05, 0.1) is 6.10 Å². The van der Waals surface area contributed by atoms with E-state index in [-0.39, 0.29) is 35.1 Å². The van der Waals surface area contributed by atoms with Crippen LogP contribution in [0.5, 0.6) is 5.75 Å². The van der Waals surface area contributed by atoms with E-state index in [1.165, 1.54) is 0 Å². The molecule has 2 saturated carbocycles. The molecular formula is C34H45FO3. The molecule has 0 bridgehead atoms. The van der Waals surface area contributed by atoms with Crippen LogP contribution in [-0.2, 0) is 9.59 Å². The summed E-state index contributed by atoms with van der Waals surface area (Å²) in [6, 6.07) is 11.2. The summed E-state index contributed by atoms with van der Waals surface area (Å²) in [5, 5.41) is 0. The molecule has 0 saturated heterocycles. The van der Waals surface area contributed by atoms with Gasteiger partial charge in [-0.1, -0.05) is 65.7 Å². The van der Waals surface area contributed by atoms with Crippen molar-refractivity contribution in [2.24, 2.45) is 17.3 Å². The maximum atomic E-state index is 15.1. The summed E-state index contributed by atoms with van der Waals surface area (Å²) in [5.41, 5.74) is 3.62. The molecule has 0 N–H and O–H groups in total. The maximum Gasteiger partial charge on any atom is 0.135 e. The van der Waals surface area contributed by atoms with Gasteiger partial charge in [-0.25, -0.2) is 4.39 Å². The van der Waals surface area contributed by atoms with Crippen molar-refractivity contribution in [2.45, 2.75) is 110 Å². The highest BCUT2D eigenvalue weighted by molar-refractivity contribution is 5.81. The fourth-order valence-electron chi connectivity index (χ4n) is 6.18. The molecule has 4 atom stereocenters. The zero-order valence-electron chi connectivity index (χ0n) is 23.9. The zero-order valence-corrected chi connectivity index (χ0v) is 23.9. The van der Waals surface area contributed by atoms with Crippen LogP contribution in [0.4, 0.5) is 4.39 Å². The largest absolute Gasteiger partial charge is 0.490 e. The number of rotatable bonds is 12. The Bertz CT molecular complexity index is 1130. The van der Waals surface area contributed by atoms with Crippen molar-refractivity contribution >= 4 is 12.1 Å². The minimum atomic E-state index is -0.245. The number of ketones is 1. The van der Waals surface area contributed by atoms with E-state index in [1.807, 2.05) is 31.2 Å². The number of carbonyl (C=O) groups is 2. The monoisotopic (exact) mass is 520 g/mol. The van der Waals surface area contributed by atoms with Crippen LogP contribution in [0.15, 0.2) is 36.4 Å². The first-order valence-electron chi connectivity index (χ1n) is 14.7. The van der Waals surface area contributed by atoms with Crippen molar-refractivity contribution in [1.29, 1.82) is 0 Å². The highest BCUT2D eigenvalue weighted by atomic mass is 19.1. The number of halogens is 1. The molecule has 0 aromatic heterocycles. The van der Waals surface area contributed by atoms with E-state index in [4.69, 9.17) is 4.74 Å². The molecule has 0 unspecified atom stereocenters. The average Bonchev–Trinajstić information content (AvgIpc) is 3.30. The van der Waals surface area contributed by atoms with Gasteiger partial charge in [0.1, 0.15) is 23.6 Å². The van der Waals surface area contributed by atoms with Crippen LogP contribution in [-0.4, -0.2) is 18.2 Å². The Morgan fingerprint density at radius 1 is 1.11 bits per heavy atom. The van der Waals surface area contributed by atoms with Crippen molar-refractivity contribution in [3.63, 3.8) is 0 Å². The van der Waals surface area contributed by atoms with Gasteiger partial charge in [-0.05, 0) is 90.7 Å². The molecule has 2 aliphatic rings. The molecule has 4 rings (SSSR count). The van der Waals surface area contributed by atoms with Gasteiger partial charge in [0, 0.05) is 23.8 Å². The SMILES string of the molecule is CCC(C)(C)C[C@H](C)C(=O)C[C@@H]1CC[C@@H](Oc2ccc([C@H](C)C=O)cc2-c2cccc(F)c2C2CCC2)C1. The van der Waals surface area contributed by atoms with Gasteiger partial charge in [-0.15, -0.1) is 0 Å². The molecule has 206 valence electrons. The molecule has 2 fully saturated rings. The lowest BCUT2D eigenvalue weighted by atomic mass is 9.76. The van der Waals surface area contributed by atoms with Gasteiger partial charge < -0.3 is 9.53 Å². The molecular weight excluding hydrogens is 475 g/mol. The average molecular weight is 521 g/mol. The Labute approximate surface area is 228 Å². The summed E-state index contributed by atoms with van der Waals surface area (Å²) >= 11 is 0.